The smallest absolute Gasteiger partial charge is 0.250 e. The fourth-order valence-electron chi connectivity index (χ4n) is 4.25. The number of halogens is 1. The van der Waals surface area contributed by atoms with Gasteiger partial charge in [-0.3, -0.25) is 9.69 Å². The van der Waals surface area contributed by atoms with Gasteiger partial charge in [-0.05, 0) is 62.7 Å². The van der Waals surface area contributed by atoms with Crippen molar-refractivity contribution in [2.24, 2.45) is 0 Å². The quantitative estimate of drug-likeness (QED) is 0.371. The molecule has 2 aromatic carbocycles. The van der Waals surface area contributed by atoms with E-state index in [1.165, 1.54) is 19.2 Å². The number of hydrogen-bond acceptors (Lipinski definition) is 6. The lowest BCUT2D eigenvalue weighted by Crippen LogP contribution is -2.25. The molecule has 4 aromatic rings. The number of nitrogens with zero attached hydrogens (tertiary/aromatic N) is 6. The Balaban J connectivity index is 1.50. The van der Waals surface area contributed by atoms with Gasteiger partial charge in [0.15, 0.2) is 5.65 Å². The summed E-state index contributed by atoms with van der Waals surface area (Å²) in [5.74, 6) is 0.257. The minimum absolute atomic E-state index is 0.0884. The predicted octanol–water partition coefficient (Wildman–Crippen LogP) is 4.64. The molecule has 0 unspecified atom stereocenters. The lowest BCUT2D eigenvalue weighted by atomic mass is 10.1. The first-order valence-electron chi connectivity index (χ1n) is 11.8. The van der Waals surface area contributed by atoms with Gasteiger partial charge in [0, 0.05) is 42.0 Å². The lowest BCUT2D eigenvalue weighted by Gasteiger charge is -2.18. The Kier molecular flexibility index (Phi) is 6.47. The van der Waals surface area contributed by atoms with Crippen LogP contribution in [0.15, 0.2) is 60.9 Å². The lowest BCUT2D eigenvalue weighted by molar-refractivity contribution is -0.113. The highest BCUT2D eigenvalue weighted by atomic mass is 35.5. The predicted molar refractivity (Wildman–Crippen MR) is 144 cm³/mol. The molecular weight excluding hydrogens is 474 g/mol. The maximum absolute atomic E-state index is 12.9. The van der Waals surface area contributed by atoms with E-state index < -0.39 is 0 Å². The van der Waals surface area contributed by atoms with Gasteiger partial charge >= 0.3 is 0 Å². The number of carbonyl (C=O) groups excluding carboxylic acids is 1. The number of nitrogen functional groups attached to an aromatic ring is 1. The first-order valence-corrected chi connectivity index (χ1v) is 12.2. The molecule has 5 rings (SSSR count). The summed E-state index contributed by atoms with van der Waals surface area (Å²) in [6.45, 7) is 2.75. The van der Waals surface area contributed by atoms with Gasteiger partial charge in [-0.2, -0.15) is 5.10 Å². The van der Waals surface area contributed by atoms with Gasteiger partial charge in [0.25, 0.3) is 0 Å². The monoisotopic (exact) mass is 501 g/mol. The molecule has 8 nitrogen and oxygen atoms in total. The molecule has 0 bridgehead atoms. The van der Waals surface area contributed by atoms with Crippen LogP contribution in [-0.4, -0.2) is 57.2 Å². The minimum atomic E-state index is -0.0884. The number of anilines is 2. The SMILES string of the molecule is Cc1cc(N(C)C(=O)/C=C/CN(C)C2CC2)cc(-n2nc(-c3ccc(Cl)cc3)c3c(N)ncnc32)c1. The number of benzene rings is 2. The first kappa shape index (κ1) is 24.0. The van der Waals surface area contributed by atoms with Crippen molar-refractivity contribution in [3.05, 3.63) is 71.5 Å². The van der Waals surface area contributed by atoms with E-state index in [0.717, 1.165) is 29.0 Å². The van der Waals surface area contributed by atoms with Crippen LogP contribution in [0.25, 0.3) is 28.0 Å². The highest BCUT2D eigenvalue weighted by Crippen LogP contribution is 2.33. The molecule has 1 saturated carbocycles. The zero-order chi connectivity index (χ0) is 25.4. The number of likely N-dealkylation sites (N-methyl/N-ethyl adjacent to an activating group) is 2. The van der Waals surface area contributed by atoms with Crippen LogP contribution in [0.5, 0.6) is 0 Å². The number of nitrogens with two attached hydrogens (primary N) is 1. The Hall–Kier alpha value is -3.75. The molecule has 1 aliphatic carbocycles. The van der Waals surface area contributed by atoms with E-state index in [9.17, 15) is 4.79 Å². The third-order valence-electron chi connectivity index (χ3n) is 6.45. The van der Waals surface area contributed by atoms with Crippen molar-refractivity contribution in [1.29, 1.82) is 0 Å². The number of amides is 1. The van der Waals surface area contributed by atoms with Crippen LogP contribution < -0.4 is 10.6 Å². The summed E-state index contributed by atoms with van der Waals surface area (Å²) in [5.41, 5.74) is 10.9. The Morgan fingerprint density at radius 2 is 1.92 bits per heavy atom. The Labute approximate surface area is 215 Å². The highest BCUT2D eigenvalue weighted by molar-refractivity contribution is 6.30. The molecule has 184 valence electrons. The number of carbonyl (C=O) groups is 1. The van der Waals surface area contributed by atoms with E-state index in [2.05, 4.69) is 21.9 Å². The zero-order valence-electron chi connectivity index (χ0n) is 20.5. The van der Waals surface area contributed by atoms with Crippen LogP contribution in [-0.2, 0) is 4.79 Å². The maximum Gasteiger partial charge on any atom is 0.250 e. The third-order valence-corrected chi connectivity index (χ3v) is 6.70. The molecule has 0 radical (unpaired) electrons. The molecular formula is C27H28ClN7O. The molecule has 1 aliphatic rings. The number of aryl methyl sites for hydroxylation is 1. The van der Waals surface area contributed by atoms with Crippen LogP contribution in [0.2, 0.25) is 5.02 Å². The van der Waals surface area contributed by atoms with Gasteiger partial charge in [0.2, 0.25) is 5.91 Å². The van der Waals surface area contributed by atoms with Crippen LogP contribution in [0.3, 0.4) is 0 Å². The van der Waals surface area contributed by atoms with Crippen molar-refractivity contribution in [2.75, 3.05) is 31.3 Å². The molecule has 2 heterocycles. The Morgan fingerprint density at radius 3 is 2.64 bits per heavy atom. The summed E-state index contributed by atoms with van der Waals surface area (Å²) < 4.78 is 1.74. The molecule has 2 N–H and O–H groups in total. The number of rotatable bonds is 7. The van der Waals surface area contributed by atoms with Gasteiger partial charge < -0.3 is 10.6 Å². The van der Waals surface area contributed by atoms with Gasteiger partial charge in [-0.25, -0.2) is 14.6 Å². The zero-order valence-corrected chi connectivity index (χ0v) is 21.3. The fraction of sp³-hybridized carbons (Fsp3) is 0.259. The maximum atomic E-state index is 12.9. The van der Waals surface area contributed by atoms with E-state index in [-0.39, 0.29) is 5.91 Å². The standard InChI is InChI=1S/C27H28ClN7O/c1-17-13-21(34(3)23(36)5-4-12-33(2)20-10-11-20)15-22(14-17)35-27-24(26(29)30-16-31-27)25(32-35)18-6-8-19(28)9-7-18/h4-9,13-16,20H,10-12H2,1-3H3,(H2,29,30,31)/b5-4+. The molecule has 9 heteroatoms. The summed E-state index contributed by atoms with van der Waals surface area (Å²) in [5, 5.41) is 6.16. The van der Waals surface area contributed by atoms with Crippen molar-refractivity contribution < 1.29 is 4.79 Å². The molecule has 36 heavy (non-hydrogen) atoms. The molecule has 1 amide bonds. The van der Waals surface area contributed by atoms with Crippen LogP contribution in [0, 0.1) is 6.92 Å². The second-order valence-corrected chi connectivity index (χ2v) is 9.66. The van der Waals surface area contributed by atoms with Gasteiger partial charge in [-0.15, -0.1) is 0 Å². The molecule has 0 spiro atoms. The minimum Gasteiger partial charge on any atom is -0.383 e. The van der Waals surface area contributed by atoms with Gasteiger partial charge in [0.1, 0.15) is 17.8 Å². The second-order valence-electron chi connectivity index (χ2n) is 9.22. The number of aromatic nitrogens is 4. The van der Waals surface area contributed by atoms with Crippen molar-refractivity contribution >= 4 is 40.0 Å². The third kappa shape index (κ3) is 4.82. The normalized spacial score (nSPS) is 13.7. The van der Waals surface area contributed by atoms with E-state index in [0.29, 0.717) is 33.6 Å². The van der Waals surface area contributed by atoms with E-state index in [1.807, 2.05) is 55.5 Å². The van der Waals surface area contributed by atoms with Crippen molar-refractivity contribution in [3.63, 3.8) is 0 Å². The topological polar surface area (TPSA) is 93.2 Å². The molecule has 0 saturated heterocycles. The van der Waals surface area contributed by atoms with Crippen LogP contribution in [0.4, 0.5) is 11.5 Å². The van der Waals surface area contributed by atoms with Crippen molar-refractivity contribution in [3.8, 4) is 16.9 Å². The summed E-state index contributed by atoms with van der Waals surface area (Å²) in [6.07, 6.45) is 7.46. The summed E-state index contributed by atoms with van der Waals surface area (Å²) >= 11 is 6.09. The summed E-state index contributed by atoms with van der Waals surface area (Å²) in [6, 6.07) is 13.9. The van der Waals surface area contributed by atoms with Crippen LogP contribution in [0.1, 0.15) is 18.4 Å². The Bertz CT molecular complexity index is 1460. The fourth-order valence-corrected chi connectivity index (χ4v) is 4.37. The average molecular weight is 502 g/mol. The number of fused-ring (bicyclic) bond motifs is 1. The second kappa shape index (κ2) is 9.72. The van der Waals surface area contributed by atoms with Crippen molar-refractivity contribution in [1.82, 2.24) is 24.6 Å². The van der Waals surface area contributed by atoms with E-state index in [1.54, 1.807) is 22.7 Å². The van der Waals surface area contributed by atoms with Crippen LogP contribution >= 0.6 is 11.6 Å². The largest absolute Gasteiger partial charge is 0.383 e. The van der Waals surface area contributed by atoms with E-state index >= 15 is 0 Å². The highest BCUT2D eigenvalue weighted by Gasteiger charge is 2.25. The average Bonchev–Trinajstić information content (AvgIpc) is 3.64. The first-order chi connectivity index (χ1) is 17.3. The van der Waals surface area contributed by atoms with Crippen molar-refractivity contribution in [2.45, 2.75) is 25.8 Å². The summed E-state index contributed by atoms with van der Waals surface area (Å²) in [7, 11) is 3.86. The number of hydrogen-bond donors (Lipinski definition) is 1. The van der Waals surface area contributed by atoms with Gasteiger partial charge in [0.05, 0.1) is 11.1 Å². The molecule has 0 atom stereocenters. The molecule has 0 aliphatic heterocycles. The van der Waals surface area contributed by atoms with E-state index in [4.69, 9.17) is 22.4 Å². The van der Waals surface area contributed by atoms with Gasteiger partial charge in [-0.1, -0.05) is 29.8 Å². The Morgan fingerprint density at radius 1 is 1.17 bits per heavy atom. The molecule has 1 fully saturated rings. The summed E-state index contributed by atoms with van der Waals surface area (Å²) in [4.78, 5) is 25.5. The molecule has 2 aromatic heterocycles.